The largest absolute Gasteiger partial charge is 2.00 e. The van der Waals surface area contributed by atoms with Crippen LogP contribution in [0.25, 0.3) is 0 Å². The summed E-state index contributed by atoms with van der Waals surface area (Å²) in [6.07, 6.45) is 6.96. The average molecular weight is 191 g/mol. The van der Waals surface area contributed by atoms with Crippen molar-refractivity contribution < 1.29 is 23.3 Å². The first-order valence-electron chi connectivity index (χ1n) is 3.96. The molecule has 0 aromatic heterocycles. The summed E-state index contributed by atoms with van der Waals surface area (Å²) >= 11 is 0. The molecular weight excluding hydrogens is 175 g/mol. The summed E-state index contributed by atoms with van der Waals surface area (Å²) < 4.78 is 5.06. The van der Waals surface area contributed by atoms with Crippen LogP contribution in [-0.4, -0.2) is 13.2 Å². The van der Waals surface area contributed by atoms with Crippen LogP contribution in [0.1, 0.15) is 26.7 Å². The predicted molar refractivity (Wildman–Crippen MR) is 42.4 cm³/mol. The fourth-order valence-corrected chi connectivity index (χ4v) is 1.18. The summed E-state index contributed by atoms with van der Waals surface area (Å²) in [5.41, 5.74) is 0.667. The van der Waals surface area contributed by atoms with Gasteiger partial charge in [0.25, 0.3) is 0 Å². The van der Waals surface area contributed by atoms with Crippen molar-refractivity contribution in [1.29, 1.82) is 0 Å². The molecular formula is C9H16OV. The van der Waals surface area contributed by atoms with Gasteiger partial charge in [-0.25, -0.2) is 0 Å². The Morgan fingerprint density at radius 3 is 1.73 bits per heavy atom. The summed E-state index contributed by atoms with van der Waals surface area (Å²) in [6, 6.07) is 0. The van der Waals surface area contributed by atoms with Crippen LogP contribution in [0.4, 0.5) is 0 Å². The Morgan fingerprint density at radius 1 is 1.27 bits per heavy atom. The normalized spacial score (nSPS) is 23.5. The van der Waals surface area contributed by atoms with Crippen molar-refractivity contribution in [2.45, 2.75) is 26.7 Å². The van der Waals surface area contributed by atoms with Crippen LogP contribution in [0.2, 0.25) is 0 Å². The SMILES string of the molecule is C[CH-]C.[CH-]1CC2(C1)COC2.[V+2]. The van der Waals surface area contributed by atoms with Gasteiger partial charge in [0.15, 0.2) is 0 Å². The molecule has 0 aromatic rings. The van der Waals surface area contributed by atoms with Crippen molar-refractivity contribution in [2.75, 3.05) is 13.2 Å². The first-order valence-corrected chi connectivity index (χ1v) is 3.96. The first kappa shape index (κ1) is 11.5. The van der Waals surface area contributed by atoms with Crippen molar-refractivity contribution in [2.24, 2.45) is 5.41 Å². The Balaban J connectivity index is 0.000000225. The van der Waals surface area contributed by atoms with E-state index in [0.717, 1.165) is 13.2 Å². The van der Waals surface area contributed by atoms with Gasteiger partial charge < -0.3 is 17.6 Å². The van der Waals surface area contributed by atoms with Crippen molar-refractivity contribution in [3.8, 4) is 0 Å². The fraction of sp³-hybridized carbons (Fsp3) is 0.778. The zero-order valence-corrected chi connectivity index (χ0v) is 8.74. The molecule has 1 nitrogen and oxygen atoms in total. The molecule has 0 aromatic carbocycles. The minimum Gasteiger partial charge on any atom is -0.381 e. The smallest absolute Gasteiger partial charge is 0.381 e. The summed E-state index contributed by atoms with van der Waals surface area (Å²) in [5.74, 6) is 0. The maximum atomic E-state index is 5.06. The standard InChI is InChI=1S/C6H9O.C3H7.V/c1-2-6(3-1)4-7-5-6;1-3-2;/h1H,2-5H2;3H,1-2H3;/q2*-1;+2. The van der Waals surface area contributed by atoms with E-state index < -0.39 is 0 Å². The van der Waals surface area contributed by atoms with Gasteiger partial charge in [-0.3, -0.25) is 0 Å². The number of hydrogen-bond acceptors (Lipinski definition) is 1. The molecule has 2 fully saturated rings. The maximum absolute atomic E-state index is 5.06. The minimum absolute atomic E-state index is 0. The second kappa shape index (κ2) is 5.24. The van der Waals surface area contributed by atoms with Crippen molar-refractivity contribution in [3.05, 3.63) is 12.8 Å². The Kier molecular flexibility index (Phi) is 5.50. The summed E-state index contributed by atoms with van der Waals surface area (Å²) in [5, 5.41) is 0. The third kappa shape index (κ3) is 2.81. The molecule has 11 heavy (non-hydrogen) atoms. The van der Waals surface area contributed by atoms with E-state index in [1.807, 2.05) is 20.3 Å². The molecule has 1 saturated carbocycles. The molecule has 0 atom stereocenters. The number of hydrogen-bond donors (Lipinski definition) is 0. The Hall–Kier alpha value is 0.544. The molecule has 0 N–H and O–H groups in total. The van der Waals surface area contributed by atoms with E-state index in [-0.39, 0.29) is 18.6 Å². The van der Waals surface area contributed by atoms with Gasteiger partial charge >= 0.3 is 18.6 Å². The van der Waals surface area contributed by atoms with Gasteiger partial charge in [0.1, 0.15) is 0 Å². The van der Waals surface area contributed by atoms with Crippen LogP contribution in [-0.2, 0) is 23.3 Å². The molecule has 0 unspecified atom stereocenters. The third-order valence-electron chi connectivity index (χ3n) is 1.97. The minimum atomic E-state index is 0. The van der Waals surface area contributed by atoms with Crippen LogP contribution in [0.3, 0.4) is 0 Å². The van der Waals surface area contributed by atoms with Gasteiger partial charge in [-0.1, -0.05) is 0 Å². The van der Waals surface area contributed by atoms with Crippen LogP contribution >= 0.6 is 0 Å². The average Bonchev–Trinajstić information content (AvgIpc) is 1.57. The first-order chi connectivity index (χ1) is 4.83. The summed E-state index contributed by atoms with van der Waals surface area (Å²) in [4.78, 5) is 0. The van der Waals surface area contributed by atoms with Gasteiger partial charge in [0, 0.05) is 13.2 Å². The zero-order valence-electron chi connectivity index (χ0n) is 7.34. The van der Waals surface area contributed by atoms with Crippen molar-refractivity contribution >= 4 is 0 Å². The number of rotatable bonds is 0. The van der Waals surface area contributed by atoms with Crippen LogP contribution < -0.4 is 0 Å². The molecule has 1 aliphatic heterocycles. The Labute approximate surface area is 81.8 Å². The second-order valence-electron chi connectivity index (χ2n) is 3.27. The van der Waals surface area contributed by atoms with E-state index in [0.29, 0.717) is 5.41 Å². The van der Waals surface area contributed by atoms with E-state index in [4.69, 9.17) is 4.74 Å². The molecule has 2 heteroatoms. The van der Waals surface area contributed by atoms with E-state index in [9.17, 15) is 0 Å². The molecule has 1 heterocycles. The number of ether oxygens (including phenoxy) is 1. The van der Waals surface area contributed by atoms with Crippen molar-refractivity contribution in [3.63, 3.8) is 0 Å². The molecule has 1 radical (unpaired) electrons. The third-order valence-corrected chi connectivity index (χ3v) is 1.97. The van der Waals surface area contributed by atoms with E-state index in [1.165, 1.54) is 12.8 Å². The molecule has 0 bridgehead atoms. The van der Waals surface area contributed by atoms with Gasteiger partial charge in [-0.15, -0.1) is 0 Å². The summed E-state index contributed by atoms with van der Waals surface area (Å²) in [7, 11) is 0. The zero-order chi connectivity index (χ0) is 7.45. The molecule has 2 aliphatic rings. The molecule has 1 aliphatic carbocycles. The fourth-order valence-electron chi connectivity index (χ4n) is 1.18. The van der Waals surface area contributed by atoms with Crippen LogP contribution in [0.15, 0.2) is 0 Å². The molecule has 2 rings (SSSR count). The Bertz CT molecular complexity index is 80.2. The Morgan fingerprint density at radius 2 is 1.73 bits per heavy atom. The topological polar surface area (TPSA) is 9.23 Å². The van der Waals surface area contributed by atoms with Gasteiger partial charge in [-0.05, 0) is 5.41 Å². The molecule has 0 amide bonds. The van der Waals surface area contributed by atoms with Crippen molar-refractivity contribution in [1.82, 2.24) is 0 Å². The predicted octanol–water partition coefficient (Wildman–Crippen LogP) is 2.23. The second-order valence-corrected chi connectivity index (χ2v) is 3.27. The van der Waals surface area contributed by atoms with E-state index >= 15 is 0 Å². The van der Waals surface area contributed by atoms with Crippen LogP contribution in [0.5, 0.6) is 0 Å². The maximum Gasteiger partial charge on any atom is 2.00 e. The van der Waals surface area contributed by atoms with Gasteiger partial charge in [0.2, 0.25) is 0 Å². The van der Waals surface area contributed by atoms with E-state index in [1.54, 1.807) is 0 Å². The quantitative estimate of drug-likeness (QED) is 0.533. The van der Waals surface area contributed by atoms with Gasteiger partial charge in [0.05, 0.1) is 0 Å². The molecule has 63 valence electrons. The molecule has 1 spiro atoms. The van der Waals surface area contributed by atoms with Crippen LogP contribution in [0, 0.1) is 18.3 Å². The van der Waals surface area contributed by atoms with Gasteiger partial charge in [-0.2, -0.15) is 26.7 Å². The summed E-state index contributed by atoms with van der Waals surface area (Å²) in [6.45, 7) is 6.06. The van der Waals surface area contributed by atoms with E-state index in [2.05, 4.69) is 6.42 Å². The monoisotopic (exact) mass is 191 g/mol. The molecule has 1 saturated heterocycles.